The van der Waals surface area contributed by atoms with Crippen LogP contribution in [0, 0.1) is 0 Å². The zero-order valence-corrected chi connectivity index (χ0v) is 6.62. The third-order valence-corrected chi connectivity index (χ3v) is 1.10. The van der Waals surface area contributed by atoms with Crippen molar-refractivity contribution in [2.45, 2.75) is 24.6 Å². The van der Waals surface area contributed by atoms with E-state index in [1.807, 2.05) is 0 Å². The Kier molecular flexibility index (Phi) is 3.91. The number of halogens is 8. The van der Waals surface area contributed by atoms with Gasteiger partial charge in [0.15, 0.2) is 0 Å². The number of rotatable bonds is 3. The van der Waals surface area contributed by atoms with E-state index >= 15 is 0 Å². The molecule has 0 N–H and O–H groups in total. The van der Waals surface area contributed by atoms with Crippen LogP contribution in [0.4, 0.5) is 35.1 Å². The molecule has 0 fully saturated rings. The molecule has 0 spiro atoms. The number of hydrogen-bond acceptors (Lipinski definition) is 1. The van der Waals surface area contributed by atoms with Gasteiger partial charge in [-0.15, -0.1) is 0 Å². The quantitative estimate of drug-likeness (QED) is 0.556. The maximum atomic E-state index is 11.9. The zero-order valence-electron chi connectivity index (χ0n) is 6.62. The molecule has 2 nitrogen and oxygen atoms in total. The highest BCUT2D eigenvalue weighted by Gasteiger charge is 2.58. The van der Waals surface area contributed by atoms with E-state index in [2.05, 4.69) is 4.74 Å². The number of ether oxygens (including phenoxy) is 1. The molecule has 91 valence electrons. The Hall–Kier alpha value is -0.640. The van der Waals surface area contributed by atoms with Gasteiger partial charge in [-0.1, -0.05) is 0 Å². The van der Waals surface area contributed by atoms with Crippen LogP contribution in [-0.2, 0) is 9.84 Å². The van der Waals surface area contributed by atoms with Gasteiger partial charge in [0, 0.05) is 0 Å². The molecule has 0 amide bonds. The Morgan fingerprint density at radius 3 is 1.60 bits per heavy atom. The maximum Gasteiger partial charge on any atom is 0.455 e. The van der Waals surface area contributed by atoms with Gasteiger partial charge in [-0.25, -0.2) is 0 Å². The Morgan fingerprint density at radius 2 is 1.33 bits per heavy atom. The topological polar surface area (TPSA) is 29.1 Å². The lowest BCUT2D eigenvalue weighted by atomic mass is 10.3. The smallest absolute Gasteiger partial charge is 0.336 e. The summed E-state index contributed by atoms with van der Waals surface area (Å²) in [5.41, 5.74) is 0. The Bertz CT molecular complexity index is 206. The van der Waals surface area contributed by atoms with Crippen LogP contribution in [0.25, 0.3) is 0 Å². The first-order chi connectivity index (χ1) is 6.38. The monoisotopic (exact) mass is 247 g/mol. The standard InChI is InChI=1S/C5H3F8O2/c6-3(7,5(11,12)13)1-15-2(14)4(8,9)10/h2H,1H2. The van der Waals surface area contributed by atoms with E-state index in [1.165, 1.54) is 0 Å². The predicted octanol–water partition coefficient (Wildman–Crippen LogP) is 2.52. The fourth-order valence-electron chi connectivity index (χ4n) is 0.357. The highest BCUT2D eigenvalue weighted by Crippen LogP contribution is 2.36. The van der Waals surface area contributed by atoms with Crippen molar-refractivity contribution in [1.82, 2.24) is 0 Å². The molecule has 0 heterocycles. The normalized spacial score (nSPS) is 16.6. The van der Waals surface area contributed by atoms with Crippen LogP contribution in [-0.4, -0.2) is 31.2 Å². The van der Waals surface area contributed by atoms with E-state index in [0.717, 1.165) is 0 Å². The first-order valence-electron chi connectivity index (χ1n) is 3.16. The average Bonchev–Trinajstić information content (AvgIpc) is 1.96. The zero-order chi connectivity index (χ0) is 12.5. The van der Waals surface area contributed by atoms with Crippen molar-refractivity contribution in [3.05, 3.63) is 0 Å². The van der Waals surface area contributed by atoms with Gasteiger partial charge in [0.2, 0.25) is 0 Å². The van der Waals surface area contributed by atoms with Gasteiger partial charge in [-0.05, 0) is 0 Å². The van der Waals surface area contributed by atoms with E-state index in [9.17, 15) is 40.2 Å². The minimum Gasteiger partial charge on any atom is -0.336 e. The Morgan fingerprint density at radius 1 is 0.933 bits per heavy atom. The third kappa shape index (κ3) is 4.16. The number of hydrogen-bond donors (Lipinski definition) is 0. The molecule has 10 heteroatoms. The SMILES string of the molecule is [O]C(OCC(F)(F)C(F)(F)F)C(F)(F)F. The van der Waals surface area contributed by atoms with Gasteiger partial charge in [-0.2, -0.15) is 40.2 Å². The fourth-order valence-corrected chi connectivity index (χ4v) is 0.357. The van der Waals surface area contributed by atoms with Crippen LogP contribution in [0.1, 0.15) is 0 Å². The summed E-state index contributed by atoms with van der Waals surface area (Å²) in [6.07, 6.45) is -15.5. The van der Waals surface area contributed by atoms with Gasteiger partial charge in [-0.3, -0.25) is 0 Å². The molecule has 15 heavy (non-hydrogen) atoms. The highest BCUT2D eigenvalue weighted by molar-refractivity contribution is 4.75. The Labute approximate surface area is 77.4 Å². The van der Waals surface area contributed by atoms with Crippen LogP contribution >= 0.6 is 0 Å². The van der Waals surface area contributed by atoms with Crippen molar-refractivity contribution in [1.29, 1.82) is 0 Å². The molecule has 1 atom stereocenters. The molecule has 0 aliphatic heterocycles. The van der Waals surface area contributed by atoms with Crippen molar-refractivity contribution in [2.75, 3.05) is 6.61 Å². The van der Waals surface area contributed by atoms with Crippen molar-refractivity contribution in [2.24, 2.45) is 0 Å². The van der Waals surface area contributed by atoms with Gasteiger partial charge in [0.05, 0.1) is 0 Å². The van der Waals surface area contributed by atoms with Gasteiger partial charge in [0.25, 0.3) is 6.29 Å². The van der Waals surface area contributed by atoms with Crippen molar-refractivity contribution in [3.63, 3.8) is 0 Å². The van der Waals surface area contributed by atoms with Crippen molar-refractivity contribution >= 4 is 0 Å². The third-order valence-electron chi connectivity index (χ3n) is 1.10. The first-order valence-corrected chi connectivity index (χ1v) is 3.16. The van der Waals surface area contributed by atoms with Gasteiger partial charge in [0.1, 0.15) is 6.61 Å². The van der Waals surface area contributed by atoms with Crippen LogP contribution in [0.15, 0.2) is 0 Å². The minimum absolute atomic E-state index is 2.66. The molecule has 0 aromatic heterocycles. The van der Waals surface area contributed by atoms with E-state index < -0.39 is 31.2 Å². The average molecular weight is 247 g/mol. The second kappa shape index (κ2) is 4.08. The summed E-state index contributed by atoms with van der Waals surface area (Å²) in [5, 5.41) is 9.87. The largest absolute Gasteiger partial charge is 0.455 e. The Balaban J connectivity index is 4.29. The molecule has 0 aliphatic carbocycles. The predicted molar refractivity (Wildman–Crippen MR) is 27.5 cm³/mol. The van der Waals surface area contributed by atoms with Crippen LogP contribution < -0.4 is 0 Å². The van der Waals surface area contributed by atoms with Crippen molar-refractivity contribution < 1.29 is 45.0 Å². The summed E-state index contributed by atoms with van der Waals surface area (Å²) >= 11 is 0. The van der Waals surface area contributed by atoms with Crippen LogP contribution in [0.2, 0.25) is 0 Å². The molecule has 0 rings (SSSR count). The molecule has 0 aliphatic rings. The minimum atomic E-state index is -6.06. The molecule has 0 aromatic rings. The maximum absolute atomic E-state index is 11.9. The summed E-state index contributed by atoms with van der Waals surface area (Å²) in [6.45, 7) is -2.66. The lowest BCUT2D eigenvalue weighted by molar-refractivity contribution is -0.352. The van der Waals surface area contributed by atoms with Crippen LogP contribution in [0.3, 0.4) is 0 Å². The van der Waals surface area contributed by atoms with E-state index in [-0.39, 0.29) is 0 Å². The second-order valence-corrected chi connectivity index (χ2v) is 2.39. The molecule has 0 saturated carbocycles. The molecular weight excluding hydrogens is 244 g/mol. The summed E-state index contributed by atoms with van der Waals surface area (Å²) in [7, 11) is 0. The van der Waals surface area contributed by atoms with Gasteiger partial charge >= 0.3 is 18.3 Å². The highest BCUT2D eigenvalue weighted by atomic mass is 19.4. The molecule has 0 saturated heterocycles. The lowest BCUT2D eigenvalue weighted by Crippen LogP contribution is -2.43. The summed E-state index contributed by atoms with van der Waals surface area (Å²) in [5.74, 6) is -5.49. The molecular formula is C5H3F8O2. The molecule has 1 radical (unpaired) electrons. The van der Waals surface area contributed by atoms with Crippen molar-refractivity contribution in [3.8, 4) is 0 Å². The fraction of sp³-hybridized carbons (Fsp3) is 1.00. The second-order valence-electron chi connectivity index (χ2n) is 2.39. The lowest BCUT2D eigenvalue weighted by Gasteiger charge is -2.21. The molecule has 0 aromatic carbocycles. The van der Waals surface area contributed by atoms with E-state index in [0.29, 0.717) is 0 Å². The molecule has 1 unspecified atom stereocenters. The molecule has 0 bridgehead atoms. The van der Waals surface area contributed by atoms with E-state index in [4.69, 9.17) is 0 Å². The van der Waals surface area contributed by atoms with Crippen LogP contribution in [0.5, 0.6) is 0 Å². The number of alkyl halides is 8. The van der Waals surface area contributed by atoms with Gasteiger partial charge < -0.3 is 4.74 Å². The first kappa shape index (κ1) is 14.4. The summed E-state index contributed by atoms with van der Waals surface area (Å²) < 4.78 is 94.9. The van der Waals surface area contributed by atoms with E-state index in [1.54, 1.807) is 0 Å². The summed E-state index contributed by atoms with van der Waals surface area (Å²) in [6, 6.07) is 0. The summed E-state index contributed by atoms with van der Waals surface area (Å²) in [4.78, 5) is 0.